The Kier molecular flexibility index (Phi) is 3.99. The average molecular weight is 432 g/mol. The quantitative estimate of drug-likeness (QED) is 0.559. The molecule has 8 atom stereocenters. The van der Waals surface area contributed by atoms with Crippen LogP contribution in [0.3, 0.4) is 0 Å². The smallest absolute Gasteiger partial charge is 0.314 e. The molecule has 2 aliphatic carbocycles. The number of carbonyl (C=O) groups is 3. The molecule has 3 fully saturated rings. The summed E-state index contributed by atoms with van der Waals surface area (Å²) in [5.74, 6) is -3.24. The number of ether oxygens (including phenoxy) is 3. The fourth-order valence-electron chi connectivity index (χ4n) is 7.50. The Morgan fingerprint density at radius 1 is 1.29 bits per heavy atom. The van der Waals surface area contributed by atoms with Crippen LogP contribution in [0.5, 0.6) is 0 Å². The highest BCUT2D eigenvalue weighted by atomic mass is 16.7. The summed E-state index contributed by atoms with van der Waals surface area (Å²) in [5.41, 5.74) is -2.64. The zero-order chi connectivity index (χ0) is 22.6. The van der Waals surface area contributed by atoms with Crippen molar-refractivity contribution in [1.29, 1.82) is 0 Å². The van der Waals surface area contributed by atoms with Crippen molar-refractivity contribution < 1.29 is 38.1 Å². The minimum atomic E-state index is -1.55. The van der Waals surface area contributed by atoms with Gasteiger partial charge in [-0.25, -0.2) is 0 Å². The Morgan fingerprint density at radius 2 is 2.00 bits per heavy atom. The Morgan fingerprint density at radius 3 is 2.58 bits per heavy atom. The molecule has 8 unspecified atom stereocenters. The number of fused-ring (bicyclic) bond motifs is 2. The van der Waals surface area contributed by atoms with Gasteiger partial charge in [-0.05, 0) is 25.8 Å². The van der Waals surface area contributed by atoms with E-state index in [9.17, 15) is 19.5 Å². The summed E-state index contributed by atoms with van der Waals surface area (Å²) >= 11 is 0. The molecule has 0 aromatic carbocycles. The third-order valence-corrected chi connectivity index (χ3v) is 8.22. The van der Waals surface area contributed by atoms with E-state index in [-0.39, 0.29) is 18.3 Å². The summed E-state index contributed by atoms with van der Waals surface area (Å²) in [6.07, 6.45) is 1.18. The predicted molar refractivity (Wildman–Crippen MR) is 105 cm³/mol. The van der Waals surface area contributed by atoms with E-state index >= 15 is 0 Å². The minimum absolute atomic E-state index is 0.217. The maximum Gasteiger partial charge on any atom is 0.314 e. The van der Waals surface area contributed by atoms with E-state index < -0.39 is 52.3 Å². The zero-order valence-corrected chi connectivity index (χ0v) is 18.3. The lowest BCUT2D eigenvalue weighted by molar-refractivity contribution is -0.317. The third kappa shape index (κ3) is 2.35. The van der Waals surface area contributed by atoms with Gasteiger partial charge >= 0.3 is 11.9 Å². The van der Waals surface area contributed by atoms with E-state index in [1.54, 1.807) is 26.2 Å². The maximum atomic E-state index is 13.1. The summed E-state index contributed by atoms with van der Waals surface area (Å²) < 4.78 is 23.7. The van der Waals surface area contributed by atoms with Crippen molar-refractivity contribution in [2.45, 2.75) is 77.0 Å². The number of furan rings is 1. The van der Waals surface area contributed by atoms with Crippen molar-refractivity contribution in [3.05, 3.63) is 23.7 Å². The lowest BCUT2D eigenvalue weighted by Crippen LogP contribution is -2.75. The van der Waals surface area contributed by atoms with Crippen LogP contribution in [0.15, 0.2) is 16.7 Å². The van der Waals surface area contributed by atoms with Crippen molar-refractivity contribution in [2.24, 2.45) is 22.7 Å². The van der Waals surface area contributed by atoms with Gasteiger partial charge in [-0.2, -0.15) is 0 Å². The summed E-state index contributed by atoms with van der Waals surface area (Å²) in [7, 11) is 0. The second-order valence-electron chi connectivity index (χ2n) is 10.6. The van der Waals surface area contributed by atoms with Crippen molar-refractivity contribution in [3.63, 3.8) is 0 Å². The molecule has 8 heteroatoms. The summed E-state index contributed by atoms with van der Waals surface area (Å²) in [5, 5.41) is 11.0. The number of carbonyl (C=O) groups excluding carboxylic acids is 3. The van der Waals surface area contributed by atoms with Crippen LogP contribution in [-0.4, -0.2) is 46.9 Å². The lowest BCUT2D eigenvalue weighted by atomic mass is 9.44. The maximum absolute atomic E-state index is 13.1. The first kappa shape index (κ1) is 20.7. The van der Waals surface area contributed by atoms with Crippen molar-refractivity contribution in [1.82, 2.24) is 0 Å². The van der Waals surface area contributed by atoms with Crippen LogP contribution in [0.2, 0.25) is 0 Å². The van der Waals surface area contributed by atoms with Gasteiger partial charge in [-0.15, -0.1) is 0 Å². The predicted octanol–water partition coefficient (Wildman–Crippen LogP) is 2.12. The number of aldehydes is 1. The van der Waals surface area contributed by atoms with Crippen molar-refractivity contribution >= 4 is 18.2 Å². The second-order valence-corrected chi connectivity index (χ2v) is 10.6. The Balaban J connectivity index is 1.79. The average Bonchev–Trinajstić information content (AvgIpc) is 3.29. The molecule has 31 heavy (non-hydrogen) atoms. The molecule has 2 saturated heterocycles. The fraction of sp³-hybridized carbons (Fsp3) is 0.696. The first-order valence-electron chi connectivity index (χ1n) is 10.7. The molecule has 1 spiro atoms. The minimum Gasteiger partial charge on any atom is -0.469 e. The van der Waals surface area contributed by atoms with Gasteiger partial charge < -0.3 is 28.5 Å². The van der Waals surface area contributed by atoms with Gasteiger partial charge in [0.15, 0.2) is 11.9 Å². The first-order chi connectivity index (χ1) is 14.4. The molecule has 5 rings (SSSR count). The van der Waals surface area contributed by atoms with Gasteiger partial charge in [0.2, 0.25) is 0 Å². The van der Waals surface area contributed by atoms with Crippen molar-refractivity contribution in [3.8, 4) is 0 Å². The van der Waals surface area contributed by atoms with E-state index in [1.807, 2.05) is 13.8 Å². The number of rotatable bonds is 2. The molecule has 168 valence electrons. The van der Waals surface area contributed by atoms with E-state index in [0.29, 0.717) is 12.2 Å². The summed E-state index contributed by atoms with van der Waals surface area (Å²) in [6, 6.07) is 1.77. The van der Waals surface area contributed by atoms with Gasteiger partial charge in [-0.3, -0.25) is 9.59 Å². The fourth-order valence-corrected chi connectivity index (χ4v) is 7.50. The SMILES string of the molecule is CC(=O)OC1C2OC(=O)C3c4ccoc4CC(C32)C(C)(C=O)C12OC(C)(O)CC2(C)C. The third-order valence-electron chi connectivity index (χ3n) is 8.22. The van der Waals surface area contributed by atoms with E-state index in [4.69, 9.17) is 18.6 Å². The van der Waals surface area contributed by atoms with Crippen LogP contribution in [0.4, 0.5) is 0 Å². The molecule has 8 nitrogen and oxygen atoms in total. The summed E-state index contributed by atoms with van der Waals surface area (Å²) in [4.78, 5) is 38.2. The van der Waals surface area contributed by atoms with E-state index in [0.717, 1.165) is 11.8 Å². The normalized spacial score (nSPS) is 46.9. The lowest BCUT2D eigenvalue weighted by Gasteiger charge is -2.62. The second kappa shape index (κ2) is 5.98. The largest absolute Gasteiger partial charge is 0.469 e. The zero-order valence-electron chi connectivity index (χ0n) is 18.3. The molecular formula is C23H28O8. The van der Waals surface area contributed by atoms with Crippen LogP contribution in [-0.2, 0) is 35.0 Å². The Hall–Kier alpha value is -2.19. The first-order valence-corrected chi connectivity index (χ1v) is 10.7. The highest BCUT2D eigenvalue weighted by molar-refractivity contribution is 5.83. The molecule has 0 bridgehead atoms. The molecular weight excluding hydrogens is 404 g/mol. The van der Waals surface area contributed by atoms with Crippen molar-refractivity contribution in [2.75, 3.05) is 0 Å². The molecule has 1 saturated carbocycles. The van der Waals surface area contributed by atoms with Gasteiger partial charge in [0.05, 0.1) is 17.6 Å². The molecule has 0 amide bonds. The standard InChI is InChI=1S/C23H28O8/c1-11(25)29-18-17-16-13(8-14-12(6-7-28-14)15(16)19(26)30-17)21(4,10-24)23(18)20(2,3)9-22(5,27)31-23/h6-7,10,13,15-18,27H,8-9H2,1-5H3. The number of esters is 2. The topological polar surface area (TPSA) is 112 Å². The Bertz CT molecular complexity index is 976. The monoisotopic (exact) mass is 432 g/mol. The van der Waals surface area contributed by atoms with Gasteiger partial charge in [-0.1, -0.05) is 13.8 Å². The molecule has 1 aromatic heterocycles. The molecule has 2 aliphatic heterocycles. The number of hydrogen-bond donors (Lipinski definition) is 1. The highest BCUT2D eigenvalue weighted by Crippen LogP contribution is 2.69. The molecule has 4 aliphatic rings. The van der Waals surface area contributed by atoms with E-state index in [1.165, 1.54) is 6.92 Å². The van der Waals surface area contributed by atoms with Gasteiger partial charge in [0.1, 0.15) is 23.8 Å². The summed E-state index contributed by atoms with van der Waals surface area (Å²) in [6.45, 7) is 8.39. The molecule has 1 aromatic rings. The highest BCUT2D eigenvalue weighted by Gasteiger charge is 2.80. The number of aliphatic hydroxyl groups is 1. The van der Waals surface area contributed by atoms with Crippen LogP contribution < -0.4 is 0 Å². The van der Waals surface area contributed by atoms with Crippen LogP contribution in [0, 0.1) is 22.7 Å². The van der Waals surface area contributed by atoms with Gasteiger partial charge in [0.25, 0.3) is 0 Å². The molecule has 0 radical (unpaired) electrons. The Labute approximate surface area is 180 Å². The van der Waals surface area contributed by atoms with Crippen LogP contribution in [0.1, 0.15) is 58.3 Å². The van der Waals surface area contributed by atoms with Gasteiger partial charge in [0, 0.05) is 36.7 Å². The molecule has 3 heterocycles. The number of hydrogen-bond acceptors (Lipinski definition) is 8. The van der Waals surface area contributed by atoms with Crippen LogP contribution in [0.25, 0.3) is 0 Å². The molecule has 1 N–H and O–H groups in total. The van der Waals surface area contributed by atoms with E-state index in [2.05, 4.69) is 0 Å². The van der Waals surface area contributed by atoms with Crippen LogP contribution >= 0.6 is 0 Å².